The standard InChI is InChI=1S/C15H25N3O2/c1-3-13-11-15(18-12(2)17-13)16-7-4-8-20-14-5-9-19-10-6-14/h11,14H,3-10H2,1-2H3,(H,16,17,18). The van der Waals surface area contributed by atoms with Gasteiger partial charge >= 0.3 is 0 Å². The van der Waals surface area contributed by atoms with Crippen LogP contribution in [0, 0.1) is 6.92 Å². The van der Waals surface area contributed by atoms with Crippen LogP contribution in [0.1, 0.15) is 37.7 Å². The first-order valence-electron chi connectivity index (χ1n) is 7.55. The van der Waals surface area contributed by atoms with Gasteiger partial charge in [-0.1, -0.05) is 6.92 Å². The molecule has 112 valence electrons. The summed E-state index contributed by atoms with van der Waals surface area (Å²) in [4.78, 5) is 8.76. The molecule has 0 aliphatic carbocycles. The summed E-state index contributed by atoms with van der Waals surface area (Å²) in [6, 6.07) is 2.02. The number of anilines is 1. The number of hydrogen-bond donors (Lipinski definition) is 1. The fourth-order valence-electron chi connectivity index (χ4n) is 2.28. The molecule has 1 fully saturated rings. The van der Waals surface area contributed by atoms with Crippen molar-refractivity contribution in [3.63, 3.8) is 0 Å². The highest BCUT2D eigenvalue weighted by Crippen LogP contribution is 2.11. The van der Waals surface area contributed by atoms with Gasteiger partial charge in [-0.15, -0.1) is 0 Å². The van der Waals surface area contributed by atoms with Gasteiger partial charge < -0.3 is 14.8 Å². The van der Waals surface area contributed by atoms with Crippen LogP contribution in [0.3, 0.4) is 0 Å². The highest BCUT2D eigenvalue weighted by molar-refractivity contribution is 5.35. The summed E-state index contributed by atoms with van der Waals surface area (Å²) < 4.78 is 11.1. The number of aryl methyl sites for hydroxylation is 2. The molecule has 0 unspecified atom stereocenters. The van der Waals surface area contributed by atoms with E-state index in [0.717, 1.165) is 69.4 Å². The lowest BCUT2D eigenvalue weighted by Crippen LogP contribution is -2.24. The molecule has 5 heteroatoms. The number of rotatable bonds is 7. The van der Waals surface area contributed by atoms with Gasteiger partial charge in [-0.2, -0.15) is 0 Å². The molecule has 0 atom stereocenters. The molecule has 5 nitrogen and oxygen atoms in total. The van der Waals surface area contributed by atoms with Crippen LogP contribution in [-0.2, 0) is 15.9 Å². The number of nitrogens with one attached hydrogen (secondary N) is 1. The maximum Gasteiger partial charge on any atom is 0.129 e. The molecular weight excluding hydrogens is 254 g/mol. The van der Waals surface area contributed by atoms with Crippen LogP contribution in [0.2, 0.25) is 0 Å². The molecule has 1 saturated heterocycles. The minimum absolute atomic E-state index is 0.386. The van der Waals surface area contributed by atoms with Crippen LogP contribution in [0.5, 0.6) is 0 Å². The van der Waals surface area contributed by atoms with Gasteiger partial charge in [-0.25, -0.2) is 9.97 Å². The average Bonchev–Trinajstić information content (AvgIpc) is 2.47. The Kier molecular flexibility index (Phi) is 6.21. The summed E-state index contributed by atoms with van der Waals surface area (Å²) in [6.45, 7) is 7.38. The number of hydrogen-bond acceptors (Lipinski definition) is 5. The van der Waals surface area contributed by atoms with Crippen molar-refractivity contribution in [2.75, 3.05) is 31.7 Å². The van der Waals surface area contributed by atoms with Crippen LogP contribution in [0.25, 0.3) is 0 Å². The van der Waals surface area contributed by atoms with Crippen LogP contribution >= 0.6 is 0 Å². The Bertz CT molecular complexity index is 406. The second-order valence-corrected chi connectivity index (χ2v) is 5.11. The number of ether oxygens (including phenoxy) is 2. The van der Waals surface area contributed by atoms with E-state index >= 15 is 0 Å². The van der Waals surface area contributed by atoms with E-state index in [1.54, 1.807) is 0 Å². The largest absolute Gasteiger partial charge is 0.381 e. The Morgan fingerprint density at radius 2 is 2.15 bits per heavy atom. The minimum Gasteiger partial charge on any atom is -0.381 e. The van der Waals surface area contributed by atoms with E-state index in [1.807, 2.05) is 13.0 Å². The molecule has 0 saturated carbocycles. The van der Waals surface area contributed by atoms with Crippen LogP contribution in [-0.4, -0.2) is 42.4 Å². The molecule has 1 aromatic rings. The third-order valence-electron chi connectivity index (χ3n) is 3.40. The van der Waals surface area contributed by atoms with E-state index in [1.165, 1.54) is 0 Å². The minimum atomic E-state index is 0.386. The molecule has 1 aromatic heterocycles. The number of aromatic nitrogens is 2. The summed E-state index contributed by atoms with van der Waals surface area (Å²) in [5.41, 5.74) is 1.08. The van der Waals surface area contributed by atoms with Crippen molar-refractivity contribution in [1.82, 2.24) is 9.97 Å². The Morgan fingerprint density at radius 3 is 2.90 bits per heavy atom. The predicted octanol–water partition coefficient (Wildman–Crippen LogP) is 2.35. The van der Waals surface area contributed by atoms with Crippen molar-refractivity contribution in [3.05, 3.63) is 17.6 Å². The van der Waals surface area contributed by atoms with Gasteiger partial charge in [0.25, 0.3) is 0 Å². The van der Waals surface area contributed by atoms with Gasteiger partial charge in [0.1, 0.15) is 11.6 Å². The van der Waals surface area contributed by atoms with E-state index < -0.39 is 0 Å². The van der Waals surface area contributed by atoms with Gasteiger partial charge in [0.15, 0.2) is 0 Å². The lowest BCUT2D eigenvalue weighted by atomic mass is 10.1. The van der Waals surface area contributed by atoms with Gasteiger partial charge in [-0.05, 0) is 32.6 Å². The fourth-order valence-corrected chi connectivity index (χ4v) is 2.28. The number of nitrogens with zero attached hydrogens (tertiary/aromatic N) is 2. The summed E-state index contributed by atoms with van der Waals surface area (Å²) in [5, 5.41) is 3.34. The van der Waals surface area contributed by atoms with Crippen molar-refractivity contribution < 1.29 is 9.47 Å². The lowest BCUT2D eigenvalue weighted by Gasteiger charge is -2.22. The van der Waals surface area contributed by atoms with E-state index in [0.29, 0.717) is 6.10 Å². The molecule has 0 amide bonds. The zero-order valence-electron chi connectivity index (χ0n) is 12.5. The van der Waals surface area contributed by atoms with Crippen LogP contribution in [0.4, 0.5) is 5.82 Å². The summed E-state index contributed by atoms with van der Waals surface area (Å²) in [5.74, 6) is 1.74. The normalized spacial score (nSPS) is 16.3. The molecule has 2 rings (SSSR count). The van der Waals surface area contributed by atoms with Crippen LogP contribution < -0.4 is 5.32 Å². The van der Waals surface area contributed by atoms with E-state index in [4.69, 9.17) is 9.47 Å². The van der Waals surface area contributed by atoms with Crippen molar-refractivity contribution in [2.45, 2.75) is 45.6 Å². The molecule has 1 aliphatic heterocycles. The molecule has 1 N–H and O–H groups in total. The maximum atomic E-state index is 5.84. The van der Waals surface area contributed by atoms with Gasteiger partial charge in [-0.3, -0.25) is 0 Å². The molecule has 2 heterocycles. The lowest BCUT2D eigenvalue weighted by molar-refractivity contribution is -0.0316. The Labute approximate surface area is 121 Å². The molecule has 0 radical (unpaired) electrons. The zero-order chi connectivity index (χ0) is 14.2. The van der Waals surface area contributed by atoms with Crippen molar-refractivity contribution in [2.24, 2.45) is 0 Å². The highest BCUT2D eigenvalue weighted by Gasteiger charge is 2.13. The molecule has 0 aromatic carbocycles. The molecule has 0 spiro atoms. The van der Waals surface area contributed by atoms with Crippen LogP contribution in [0.15, 0.2) is 6.07 Å². The summed E-state index contributed by atoms with van der Waals surface area (Å²) in [6.07, 6.45) is 4.36. The molecule has 20 heavy (non-hydrogen) atoms. The first-order valence-corrected chi connectivity index (χ1v) is 7.55. The monoisotopic (exact) mass is 279 g/mol. The predicted molar refractivity (Wildman–Crippen MR) is 79.0 cm³/mol. The van der Waals surface area contributed by atoms with Crippen molar-refractivity contribution in [3.8, 4) is 0 Å². The van der Waals surface area contributed by atoms with Gasteiger partial charge in [0.2, 0.25) is 0 Å². The smallest absolute Gasteiger partial charge is 0.129 e. The first-order chi connectivity index (χ1) is 9.78. The molecule has 0 bridgehead atoms. The fraction of sp³-hybridized carbons (Fsp3) is 0.733. The summed E-state index contributed by atoms with van der Waals surface area (Å²) >= 11 is 0. The summed E-state index contributed by atoms with van der Waals surface area (Å²) in [7, 11) is 0. The highest BCUT2D eigenvalue weighted by atomic mass is 16.5. The second-order valence-electron chi connectivity index (χ2n) is 5.11. The quantitative estimate of drug-likeness (QED) is 0.776. The van der Waals surface area contributed by atoms with E-state index in [-0.39, 0.29) is 0 Å². The second kappa shape index (κ2) is 8.17. The zero-order valence-corrected chi connectivity index (χ0v) is 12.5. The Balaban J connectivity index is 1.64. The van der Waals surface area contributed by atoms with Gasteiger partial charge in [0, 0.05) is 38.1 Å². The SMILES string of the molecule is CCc1cc(NCCCOC2CCOCC2)nc(C)n1. The molecule has 1 aliphatic rings. The van der Waals surface area contributed by atoms with Crippen molar-refractivity contribution >= 4 is 5.82 Å². The van der Waals surface area contributed by atoms with E-state index in [9.17, 15) is 0 Å². The van der Waals surface area contributed by atoms with Crippen molar-refractivity contribution in [1.29, 1.82) is 0 Å². The maximum absolute atomic E-state index is 5.84. The van der Waals surface area contributed by atoms with E-state index in [2.05, 4.69) is 22.2 Å². The first kappa shape index (κ1) is 15.2. The Morgan fingerprint density at radius 1 is 1.35 bits per heavy atom. The Hall–Kier alpha value is -1.20. The topological polar surface area (TPSA) is 56.3 Å². The third kappa shape index (κ3) is 5.06. The van der Waals surface area contributed by atoms with Gasteiger partial charge in [0.05, 0.1) is 6.10 Å². The molecular formula is C15H25N3O2. The third-order valence-corrected chi connectivity index (χ3v) is 3.40. The average molecular weight is 279 g/mol.